The van der Waals surface area contributed by atoms with Crippen molar-refractivity contribution in [1.82, 2.24) is 4.90 Å². The molecule has 0 spiro atoms. The Morgan fingerprint density at radius 2 is 1.89 bits per heavy atom. The van der Waals surface area contributed by atoms with Gasteiger partial charge in [-0.05, 0) is 18.6 Å². The van der Waals surface area contributed by atoms with E-state index >= 15 is 0 Å². The van der Waals surface area contributed by atoms with Crippen LogP contribution in [0.2, 0.25) is 0 Å². The van der Waals surface area contributed by atoms with Crippen molar-refractivity contribution in [3.63, 3.8) is 0 Å². The highest BCUT2D eigenvalue weighted by Crippen LogP contribution is 2.08. The maximum absolute atomic E-state index is 12.4. The summed E-state index contributed by atoms with van der Waals surface area (Å²) in [6, 6.07) is 9.36. The molecule has 4 heteroatoms. The fourth-order valence-corrected chi connectivity index (χ4v) is 1.97. The summed E-state index contributed by atoms with van der Waals surface area (Å²) in [7, 11) is 0. The Morgan fingerprint density at radius 3 is 2.47 bits per heavy atom. The van der Waals surface area contributed by atoms with Gasteiger partial charge >= 0.3 is 0 Å². The van der Waals surface area contributed by atoms with Gasteiger partial charge in [-0.1, -0.05) is 50.2 Å². The minimum absolute atomic E-state index is 0.0629. The molecule has 3 nitrogen and oxygen atoms in total. The Kier molecular flexibility index (Phi) is 7.11. The fraction of sp³-hybridized carbons (Fsp3) is 0.467. The Bertz CT molecular complexity index is 406. The molecule has 0 bridgehead atoms. The van der Waals surface area contributed by atoms with Gasteiger partial charge in [0.05, 0.1) is 4.99 Å². The van der Waals surface area contributed by atoms with Crippen LogP contribution in [0.25, 0.3) is 0 Å². The molecule has 0 unspecified atom stereocenters. The second-order valence-electron chi connectivity index (χ2n) is 4.58. The Morgan fingerprint density at radius 1 is 1.21 bits per heavy atom. The summed E-state index contributed by atoms with van der Waals surface area (Å²) in [5, 5.41) is 0. The monoisotopic (exact) mass is 278 g/mol. The summed E-state index contributed by atoms with van der Waals surface area (Å²) in [6.45, 7) is 3.52. The van der Waals surface area contributed by atoms with Crippen LogP contribution in [0.15, 0.2) is 30.3 Å². The molecule has 2 N–H and O–H groups in total. The molecule has 0 radical (unpaired) electrons. The summed E-state index contributed by atoms with van der Waals surface area (Å²) in [5.41, 5.74) is 6.25. The number of thiocarbonyl (C=S) groups is 1. The molecule has 1 amide bonds. The number of nitrogens with zero attached hydrogens (tertiary/aromatic N) is 1. The smallest absolute Gasteiger partial charge is 0.253 e. The molecule has 0 aromatic heterocycles. The van der Waals surface area contributed by atoms with Gasteiger partial charge in [-0.25, -0.2) is 0 Å². The van der Waals surface area contributed by atoms with E-state index < -0.39 is 0 Å². The molecule has 0 aliphatic rings. The Labute approximate surface area is 120 Å². The van der Waals surface area contributed by atoms with Gasteiger partial charge in [0.15, 0.2) is 0 Å². The van der Waals surface area contributed by atoms with Crippen LogP contribution in [0.3, 0.4) is 0 Å². The van der Waals surface area contributed by atoms with Gasteiger partial charge in [0.1, 0.15) is 0 Å². The zero-order valence-electron chi connectivity index (χ0n) is 11.5. The molecule has 1 aromatic rings. The highest BCUT2D eigenvalue weighted by Gasteiger charge is 2.14. The maximum Gasteiger partial charge on any atom is 0.253 e. The molecule has 0 atom stereocenters. The van der Waals surface area contributed by atoms with Crippen LogP contribution < -0.4 is 5.73 Å². The number of hydrogen-bond donors (Lipinski definition) is 1. The first-order valence-electron chi connectivity index (χ1n) is 6.77. The fourth-order valence-electron chi connectivity index (χ4n) is 1.88. The van der Waals surface area contributed by atoms with Crippen molar-refractivity contribution >= 4 is 23.1 Å². The molecule has 0 saturated carbocycles. The number of carbonyl (C=O) groups excluding carboxylic acids is 1. The maximum atomic E-state index is 12.4. The topological polar surface area (TPSA) is 46.3 Å². The number of nitrogens with two attached hydrogens (primary N) is 1. The molecule has 1 aromatic carbocycles. The van der Waals surface area contributed by atoms with E-state index in [1.54, 1.807) is 0 Å². The summed E-state index contributed by atoms with van der Waals surface area (Å²) < 4.78 is 0. The van der Waals surface area contributed by atoms with Crippen molar-refractivity contribution in [2.75, 3.05) is 13.1 Å². The summed E-state index contributed by atoms with van der Waals surface area (Å²) >= 11 is 4.89. The molecule has 0 aliphatic carbocycles. The van der Waals surface area contributed by atoms with E-state index in [2.05, 4.69) is 6.92 Å². The standard InChI is InChI=1S/C15H22N2OS/c1-2-3-7-11-17(12-10-14(16)19)15(18)13-8-5-4-6-9-13/h4-6,8-9H,2-3,7,10-12H2,1H3,(H2,16,19). The molecule has 104 valence electrons. The van der Waals surface area contributed by atoms with Gasteiger partial charge < -0.3 is 10.6 Å². The Hall–Kier alpha value is -1.42. The zero-order chi connectivity index (χ0) is 14.1. The summed E-state index contributed by atoms with van der Waals surface area (Å²) in [6.07, 6.45) is 3.88. The predicted octanol–water partition coefficient (Wildman–Crippen LogP) is 3.00. The predicted molar refractivity (Wildman–Crippen MR) is 83.3 cm³/mol. The van der Waals surface area contributed by atoms with Crippen molar-refractivity contribution in [2.24, 2.45) is 5.73 Å². The number of benzene rings is 1. The van der Waals surface area contributed by atoms with Crippen molar-refractivity contribution < 1.29 is 4.79 Å². The number of rotatable bonds is 8. The van der Waals surface area contributed by atoms with E-state index in [0.717, 1.165) is 31.4 Å². The van der Waals surface area contributed by atoms with E-state index in [1.807, 2.05) is 35.2 Å². The average Bonchev–Trinajstić information content (AvgIpc) is 2.42. The van der Waals surface area contributed by atoms with Gasteiger partial charge in [0.2, 0.25) is 0 Å². The number of unbranched alkanes of at least 4 members (excludes halogenated alkanes) is 2. The van der Waals surface area contributed by atoms with Gasteiger partial charge in [0, 0.05) is 25.1 Å². The molecular formula is C15H22N2OS. The third kappa shape index (κ3) is 5.83. The molecule has 0 saturated heterocycles. The number of amides is 1. The van der Waals surface area contributed by atoms with Crippen molar-refractivity contribution in [3.05, 3.63) is 35.9 Å². The van der Waals surface area contributed by atoms with Crippen LogP contribution in [-0.4, -0.2) is 28.9 Å². The van der Waals surface area contributed by atoms with Gasteiger partial charge in [-0.15, -0.1) is 0 Å². The Balaban J connectivity index is 2.65. The molecule has 1 rings (SSSR count). The van der Waals surface area contributed by atoms with Crippen molar-refractivity contribution in [1.29, 1.82) is 0 Å². The molecule has 19 heavy (non-hydrogen) atoms. The van der Waals surface area contributed by atoms with Gasteiger partial charge in [-0.2, -0.15) is 0 Å². The quantitative estimate of drug-likeness (QED) is 0.587. The number of carbonyl (C=O) groups is 1. The first kappa shape index (κ1) is 15.6. The lowest BCUT2D eigenvalue weighted by Gasteiger charge is -2.22. The minimum Gasteiger partial charge on any atom is -0.393 e. The highest BCUT2D eigenvalue weighted by atomic mass is 32.1. The second kappa shape index (κ2) is 8.64. The van der Waals surface area contributed by atoms with Crippen molar-refractivity contribution in [3.8, 4) is 0 Å². The van der Waals surface area contributed by atoms with Crippen LogP contribution in [0.1, 0.15) is 43.0 Å². The second-order valence-corrected chi connectivity index (χ2v) is 5.11. The van der Waals surface area contributed by atoms with E-state index in [-0.39, 0.29) is 5.91 Å². The normalized spacial score (nSPS) is 10.2. The van der Waals surface area contributed by atoms with E-state index in [1.165, 1.54) is 0 Å². The first-order chi connectivity index (χ1) is 9.15. The molecular weight excluding hydrogens is 256 g/mol. The minimum atomic E-state index is 0.0629. The van der Waals surface area contributed by atoms with Crippen LogP contribution in [-0.2, 0) is 0 Å². The van der Waals surface area contributed by atoms with E-state index in [9.17, 15) is 4.79 Å². The van der Waals surface area contributed by atoms with Crippen LogP contribution in [0, 0.1) is 0 Å². The summed E-state index contributed by atoms with van der Waals surface area (Å²) in [5.74, 6) is 0.0629. The van der Waals surface area contributed by atoms with Gasteiger partial charge in [0.25, 0.3) is 5.91 Å². The number of hydrogen-bond acceptors (Lipinski definition) is 2. The third-order valence-corrected chi connectivity index (χ3v) is 3.17. The molecule has 0 heterocycles. The largest absolute Gasteiger partial charge is 0.393 e. The van der Waals surface area contributed by atoms with E-state index in [0.29, 0.717) is 18.0 Å². The molecule has 0 aliphatic heterocycles. The lowest BCUT2D eigenvalue weighted by atomic mass is 10.1. The van der Waals surface area contributed by atoms with Crippen LogP contribution in [0.5, 0.6) is 0 Å². The van der Waals surface area contributed by atoms with Crippen LogP contribution >= 0.6 is 12.2 Å². The SMILES string of the molecule is CCCCCN(CCC(N)=S)C(=O)c1ccccc1. The van der Waals surface area contributed by atoms with Crippen LogP contribution in [0.4, 0.5) is 0 Å². The third-order valence-electron chi connectivity index (χ3n) is 2.97. The van der Waals surface area contributed by atoms with Crippen molar-refractivity contribution in [2.45, 2.75) is 32.6 Å². The molecule has 0 fully saturated rings. The lowest BCUT2D eigenvalue weighted by molar-refractivity contribution is 0.0757. The lowest BCUT2D eigenvalue weighted by Crippen LogP contribution is -2.34. The first-order valence-corrected chi connectivity index (χ1v) is 7.18. The van der Waals surface area contributed by atoms with E-state index in [4.69, 9.17) is 18.0 Å². The highest BCUT2D eigenvalue weighted by molar-refractivity contribution is 7.80. The average molecular weight is 278 g/mol. The zero-order valence-corrected chi connectivity index (χ0v) is 12.3. The summed E-state index contributed by atoms with van der Waals surface area (Å²) in [4.78, 5) is 14.7. The van der Waals surface area contributed by atoms with Gasteiger partial charge in [-0.3, -0.25) is 4.79 Å².